The van der Waals surface area contributed by atoms with Gasteiger partial charge in [0.15, 0.2) is 0 Å². The lowest BCUT2D eigenvalue weighted by Crippen LogP contribution is -2.15. The maximum atomic E-state index is 11.3. The highest BCUT2D eigenvalue weighted by Gasteiger charge is 2.07. The molecule has 1 aromatic heterocycles. The molecule has 0 saturated carbocycles. The lowest BCUT2D eigenvalue weighted by molar-refractivity contribution is 0.597. The van der Waals surface area contributed by atoms with Crippen molar-refractivity contribution in [1.29, 1.82) is 0 Å². The van der Waals surface area contributed by atoms with Gasteiger partial charge in [-0.05, 0) is 17.7 Å². The fraction of sp³-hybridized carbons (Fsp3) is 0.154. The highest BCUT2D eigenvalue weighted by Crippen LogP contribution is 2.09. The monoisotopic (exact) mass is 292 g/mol. The fourth-order valence-electron chi connectivity index (χ4n) is 1.75. The van der Waals surface area contributed by atoms with E-state index < -0.39 is 10.0 Å². The van der Waals surface area contributed by atoms with Crippen molar-refractivity contribution in [2.24, 2.45) is 5.14 Å². The Kier molecular flexibility index (Phi) is 4.33. The van der Waals surface area contributed by atoms with Gasteiger partial charge >= 0.3 is 0 Å². The Bertz CT molecular complexity index is 707. The average molecular weight is 292 g/mol. The predicted molar refractivity (Wildman–Crippen MR) is 77.0 cm³/mol. The molecule has 0 aliphatic rings. The lowest BCUT2D eigenvalue weighted by Gasteiger charge is -2.05. The number of primary sulfonamides is 1. The highest BCUT2D eigenvalue weighted by atomic mass is 32.2. The minimum atomic E-state index is -3.65. The van der Waals surface area contributed by atoms with E-state index in [0.717, 1.165) is 11.1 Å². The van der Waals surface area contributed by atoms with E-state index >= 15 is 0 Å². The number of rotatable bonds is 6. The topological polar surface area (TPSA) is 90.0 Å². The van der Waals surface area contributed by atoms with Gasteiger partial charge in [-0.3, -0.25) is 0 Å². The first kappa shape index (κ1) is 14.4. The molecule has 0 unspecified atom stereocenters. The second-order valence-corrected chi connectivity index (χ2v) is 5.87. The molecule has 0 spiro atoms. The molecule has 6 nitrogen and oxygen atoms in total. The van der Waals surface area contributed by atoms with E-state index in [-0.39, 0.29) is 4.90 Å². The molecule has 2 aromatic rings. The molecule has 0 amide bonds. The number of sulfonamides is 1. The number of hydrogen-bond donors (Lipinski definition) is 2. The van der Waals surface area contributed by atoms with Crippen LogP contribution in [0.2, 0.25) is 0 Å². The summed E-state index contributed by atoms with van der Waals surface area (Å²) in [5.74, 6) is 0. The summed E-state index contributed by atoms with van der Waals surface area (Å²) in [4.78, 5) is 0.122. The summed E-state index contributed by atoms with van der Waals surface area (Å²) in [6, 6.07) is 6.56. The van der Waals surface area contributed by atoms with Gasteiger partial charge in [0.2, 0.25) is 10.0 Å². The maximum absolute atomic E-state index is 11.3. The summed E-state index contributed by atoms with van der Waals surface area (Å²) in [6.45, 7) is 4.79. The van der Waals surface area contributed by atoms with Crippen LogP contribution in [0.1, 0.15) is 11.1 Å². The quantitative estimate of drug-likeness (QED) is 0.828. The van der Waals surface area contributed by atoms with Gasteiger partial charge in [-0.25, -0.2) is 18.2 Å². The third-order valence-corrected chi connectivity index (χ3v) is 3.64. The number of nitrogens with one attached hydrogen (secondary N) is 1. The van der Waals surface area contributed by atoms with Gasteiger partial charge in [-0.2, -0.15) is 5.10 Å². The van der Waals surface area contributed by atoms with E-state index in [1.54, 1.807) is 29.2 Å². The Balaban J connectivity index is 1.96. The zero-order valence-corrected chi connectivity index (χ0v) is 11.7. The zero-order chi connectivity index (χ0) is 14.6. The van der Waals surface area contributed by atoms with Gasteiger partial charge in [-0.15, -0.1) is 0 Å². The Morgan fingerprint density at radius 3 is 2.75 bits per heavy atom. The van der Waals surface area contributed by atoms with Crippen molar-refractivity contribution in [2.45, 2.75) is 18.0 Å². The Morgan fingerprint density at radius 1 is 1.35 bits per heavy atom. The van der Waals surface area contributed by atoms with Crippen molar-refractivity contribution in [1.82, 2.24) is 15.1 Å². The SMILES string of the molecule is C=Cn1cc(CNCc2cccc(S(N)(=O)=O)c2)cn1. The normalized spacial score (nSPS) is 11.4. The van der Waals surface area contributed by atoms with Crippen LogP contribution in [-0.2, 0) is 23.1 Å². The van der Waals surface area contributed by atoms with E-state index in [2.05, 4.69) is 17.0 Å². The first-order valence-electron chi connectivity index (χ1n) is 5.97. The molecule has 0 radical (unpaired) electrons. The molecule has 106 valence electrons. The average Bonchev–Trinajstić information content (AvgIpc) is 2.86. The molecule has 20 heavy (non-hydrogen) atoms. The molecule has 2 rings (SSSR count). The van der Waals surface area contributed by atoms with Crippen molar-refractivity contribution < 1.29 is 8.42 Å². The smallest absolute Gasteiger partial charge is 0.238 e. The Hall–Kier alpha value is -1.96. The molecule has 0 aliphatic carbocycles. The van der Waals surface area contributed by atoms with Gasteiger partial charge in [0.25, 0.3) is 0 Å². The van der Waals surface area contributed by atoms with E-state index in [4.69, 9.17) is 5.14 Å². The summed E-state index contributed by atoms with van der Waals surface area (Å²) in [5.41, 5.74) is 1.88. The number of aromatic nitrogens is 2. The first-order chi connectivity index (χ1) is 9.49. The van der Waals surface area contributed by atoms with Crippen molar-refractivity contribution in [3.63, 3.8) is 0 Å². The van der Waals surface area contributed by atoms with Gasteiger partial charge in [0.05, 0.1) is 11.1 Å². The molecule has 0 saturated heterocycles. The summed E-state index contributed by atoms with van der Waals surface area (Å²) in [7, 11) is -3.65. The van der Waals surface area contributed by atoms with Gasteiger partial charge in [-0.1, -0.05) is 18.7 Å². The molecule has 3 N–H and O–H groups in total. The van der Waals surface area contributed by atoms with E-state index in [0.29, 0.717) is 13.1 Å². The molecule has 1 aromatic carbocycles. The van der Waals surface area contributed by atoms with E-state index in [1.165, 1.54) is 6.07 Å². The van der Waals surface area contributed by atoms with Crippen molar-refractivity contribution >= 4 is 16.2 Å². The summed E-state index contributed by atoms with van der Waals surface area (Å²) in [6.07, 6.45) is 5.22. The minimum Gasteiger partial charge on any atom is -0.309 e. The van der Waals surface area contributed by atoms with Crippen LogP contribution in [0, 0.1) is 0 Å². The summed E-state index contributed by atoms with van der Waals surface area (Å²) < 4.78 is 24.1. The molecule has 1 heterocycles. The molecule has 0 fully saturated rings. The Labute approximate surface area is 118 Å². The van der Waals surface area contributed by atoms with Crippen LogP contribution in [0.3, 0.4) is 0 Å². The van der Waals surface area contributed by atoms with Crippen LogP contribution < -0.4 is 10.5 Å². The van der Waals surface area contributed by atoms with Gasteiger partial charge < -0.3 is 5.32 Å². The van der Waals surface area contributed by atoms with Crippen LogP contribution in [-0.4, -0.2) is 18.2 Å². The van der Waals surface area contributed by atoms with Crippen LogP contribution in [0.15, 0.2) is 48.1 Å². The summed E-state index contributed by atoms with van der Waals surface area (Å²) >= 11 is 0. The number of nitrogens with two attached hydrogens (primary N) is 1. The van der Waals surface area contributed by atoms with Crippen LogP contribution >= 0.6 is 0 Å². The molecular weight excluding hydrogens is 276 g/mol. The lowest BCUT2D eigenvalue weighted by atomic mass is 10.2. The molecule has 7 heteroatoms. The second kappa shape index (κ2) is 6.00. The third kappa shape index (κ3) is 3.77. The van der Waals surface area contributed by atoms with Crippen LogP contribution in [0.4, 0.5) is 0 Å². The largest absolute Gasteiger partial charge is 0.309 e. The Morgan fingerprint density at radius 2 is 2.10 bits per heavy atom. The molecule has 0 atom stereocenters. The van der Waals surface area contributed by atoms with Gasteiger partial charge in [0.1, 0.15) is 0 Å². The predicted octanol–water partition coefficient (Wildman–Crippen LogP) is 0.921. The third-order valence-electron chi connectivity index (χ3n) is 2.73. The van der Waals surface area contributed by atoms with Crippen molar-refractivity contribution in [2.75, 3.05) is 0 Å². The standard InChI is InChI=1S/C13H16N4O2S/c1-2-17-10-12(9-16-17)8-15-7-11-4-3-5-13(6-11)20(14,18)19/h2-6,9-10,15H,1,7-8H2,(H2,14,18,19). The van der Waals surface area contributed by atoms with Crippen LogP contribution in [0.5, 0.6) is 0 Å². The highest BCUT2D eigenvalue weighted by molar-refractivity contribution is 7.89. The van der Waals surface area contributed by atoms with E-state index in [9.17, 15) is 8.42 Å². The number of benzene rings is 1. The maximum Gasteiger partial charge on any atom is 0.238 e. The molecular formula is C13H16N4O2S. The second-order valence-electron chi connectivity index (χ2n) is 4.31. The first-order valence-corrected chi connectivity index (χ1v) is 7.52. The van der Waals surface area contributed by atoms with Crippen LogP contribution in [0.25, 0.3) is 6.20 Å². The van der Waals surface area contributed by atoms with Gasteiger partial charge in [0, 0.05) is 31.0 Å². The zero-order valence-electron chi connectivity index (χ0n) is 10.9. The number of hydrogen-bond acceptors (Lipinski definition) is 4. The van der Waals surface area contributed by atoms with Crippen molar-refractivity contribution in [3.05, 3.63) is 54.4 Å². The minimum absolute atomic E-state index is 0.122. The molecule has 0 aliphatic heterocycles. The molecule has 0 bridgehead atoms. The number of nitrogens with zero attached hydrogens (tertiary/aromatic N) is 2. The van der Waals surface area contributed by atoms with Crippen molar-refractivity contribution in [3.8, 4) is 0 Å². The fourth-order valence-corrected chi connectivity index (χ4v) is 2.34. The van der Waals surface area contributed by atoms with E-state index in [1.807, 2.05) is 12.3 Å². The summed E-state index contributed by atoms with van der Waals surface area (Å²) in [5, 5.41) is 12.4.